The molecule has 3 saturated heterocycles. The minimum atomic E-state index is -4.69. The van der Waals surface area contributed by atoms with Gasteiger partial charge in [0.25, 0.3) is 5.91 Å². The second-order valence-corrected chi connectivity index (χ2v) is 11.8. The molecule has 0 spiro atoms. The molecule has 0 aromatic heterocycles. The molecular formula is C24H25ClF2N4O7S. The second kappa shape index (κ2) is 10.5. The van der Waals surface area contributed by atoms with Crippen molar-refractivity contribution < 1.29 is 41.5 Å². The predicted octanol–water partition coefficient (Wildman–Crippen LogP) is 2.58. The number of nitrogens with zero attached hydrogens (tertiary/aromatic N) is 3. The monoisotopic (exact) mass is 586 g/mol. The number of piperazine rings is 1. The summed E-state index contributed by atoms with van der Waals surface area (Å²) in [5.41, 5.74) is -0.370. The van der Waals surface area contributed by atoms with E-state index in [2.05, 4.69) is 0 Å². The summed E-state index contributed by atoms with van der Waals surface area (Å²) in [6.45, 7) is 0.975. The molecule has 0 aliphatic carbocycles. The zero-order valence-corrected chi connectivity index (χ0v) is 22.1. The van der Waals surface area contributed by atoms with Crippen LogP contribution in [0.1, 0.15) is 12.8 Å². The number of morpholine rings is 1. The summed E-state index contributed by atoms with van der Waals surface area (Å²) in [5, 5.41) is 9.90. The Labute approximate surface area is 227 Å². The van der Waals surface area contributed by atoms with E-state index < -0.39 is 55.8 Å². The van der Waals surface area contributed by atoms with E-state index in [4.69, 9.17) is 21.1 Å². The van der Waals surface area contributed by atoms with Crippen molar-refractivity contribution in [1.82, 2.24) is 19.6 Å². The van der Waals surface area contributed by atoms with Crippen LogP contribution in [-0.2, 0) is 19.6 Å². The summed E-state index contributed by atoms with van der Waals surface area (Å²) in [4.78, 5) is 28.3. The first-order chi connectivity index (χ1) is 18.6. The molecule has 2 aromatic rings. The van der Waals surface area contributed by atoms with Gasteiger partial charge in [0.05, 0.1) is 24.7 Å². The van der Waals surface area contributed by atoms with E-state index in [1.165, 1.54) is 34.6 Å². The molecule has 0 unspecified atom stereocenters. The molecule has 2 N–H and O–H groups in total. The average Bonchev–Trinajstić information content (AvgIpc) is 3.19. The minimum Gasteiger partial charge on any atom is -0.451 e. The van der Waals surface area contributed by atoms with E-state index in [9.17, 15) is 23.2 Å². The third-order valence-corrected chi connectivity index (χ3v) is 9.42. The maximum Gasteiger partial charge on any atom is 0.320 e. The maximum atomic E-state index is 15.0. The van der Waals surface area contributed by atoms with Crippen molar-refractivity contribution in [2.45, 2.75) is 29.3 Å². The normalized spacial score (nSPS) is 23.5. The number of likely N-dealkylation sites (tertiary alicyclic amines) is 1. The fraction of sp³-hybridized carbons (Fsp3) is 0.417. The Morgan fingerprint density at radius 2 is 1.74 bits per heavy atom. The molecular weight excluding hydrogens is 562 g/mol. The molecule has 39 heavy (non-hydrogen) atoms. The van der Waals surface area contributed by atoms with Gasteiger partial charge in [-0.2, -0.15) is 4.31 Å². The number of sulfonamides is 1. The Balaban J connectivity index is 1.47. The van der Waals surface area contributed by atoms with Crippen molar-refractivity contribution in [3.63, 3.8) is 0 Å². The summed E-state index contributed by atoms with van der Waals surface area (Å²) in [7, 11) is -4.69. The Morgan fingerprint density at radius 1 is 1.10 bits per heavy atom. The number of hydrogen-bond acceptors (Lipinski definition) is 7. The van der Waals surface area contributed by atoms with Gasteiger partial charge in [0, 0.05) is 30.7 Å². The van der Waals surface area contributed by atoms with Crippen molar-refractivity contribution >= 4 is 33.6 Å². The van der Waals surface area contributed by atoms with Gasteiger partial charge >= 0.3 is 6.03 Å². The lowest BCUT2D eigenvalue weighted by molar-refractivity contribution is -0.141. The SMILES string of the molecule is O=C(N1CCOCC1)N1C[C@@H]2CC[C@](C(=O)NO)(C1)N2S(=O)(=O)c1cc(F)c(Oc2ccc(Cl)cc2)c(F)c1. The van der Waals surface area contributed by atoms with Gasteiger partial charge in [0.1, 0.15) is 11.3 Å². The number of amides is 3. The van der Waals surface area contributed by atoms with Gasteiger partial charge in [0.15, 0.2) is 17.4 Å². The van der Waals surface area contributed by atoms with Gasteiger partial charge in [-0.3, -0.25) is 10.0 Å². The standard InChI is InChI=1S/C24H25ClF2N4O7S/c25-15-1-3-17(4-2-15)38-21-19(26)11-18(12-20(21)27)39(35,36)31-16-5-6-24(31,22(32)28-34)14-30(13-16)23(33)29-7-9-37-10-8-29/h1-4,11-12,16,34H,5-10,13-14H2,(H,28,32)/t16-,24+/m0/s1. The van der Waals surface area contributed by atoms with E-state index >= 15 is 8.78 Å². The molecule has 3 aliphatic heterocycles. The van der Waals surface area contributed by atoms with Crippen LogP contribution in [0.2, 0.25) is 5.02 Å². The zero-order chi connectivity index (χ0) is 27.9. The number of benzene rings is 2. The molecule has 0 radical (unpaired) electrons. The number of nitrogens with one attached hydrogen (secondary N) is 1. The first-order valence-corrected chi connectivity index (χ1v) is 13.9. The van der Waals surface area contributed by atoms with Crippen LogP contribution in [0, 0.1) is 11.6 Å². The molecule has 3 heterocycles. The summed E-state index contributed by atoms with van der Waals surface area (Å²) >= 11 is 5.81. The highest BCUT2D eigenvalue weighted by Gasteiger charge is 2.62. The van der Waals surface area contributed by atoms with Crippen LogP contribution in [0.15, 0.2) is 41.3 Å². The number of rotatable bonds is 5. The smallest absolute Gasteiger partial charge is 0.320 e. The fourth-order valence-corrected chi connectivity index (χ4v) is 7.48. The largest absolute Gasteiger partial charge is 0.451 e. The van der Waals surface area contributed by atoms with Crippen LogP contribution in [0.25, 0.3) is 0 Å². The third-order valence-electron chi connectivity index (χ3n) is 7.17. The highest BCUT2D eigenvalue weighted by atomic mass is 35.5. The predicted molar refractivity (Wildman–Crippen MR) is 132 cm³/mol. The summed E-state index contributed by atoms with van der Waals surface area (Å²) in [5.74, 6) is -4.35. The number of ether oxygens (including phenoxy) is 2. The molecule has 11 nitrogen and oxygen atoms in total. The van der Waals surface area contributed by atoms with Crippen LogP contribution in [0.3, 0.4) is 0 Å². The van der Waals surface area contributed by atoms with E-state index in [-0.39, 0.29) is 31.7 Å². The molecule has 3 aliphatic rings. The third kappa shape index (κ3) is 4.91. The van der Waals surface area contributed by atoms with Crippen LogP contribution < -0.4 is 10.2 Å². The molecule has 15 heteroatoms. The Morgan fingerprint density at radius 3 is 2.36 bits per heavy atom. The molecule has 2 bridgehead atoms. The number of carbonyl (C=O) groups excluding carboxylic acids is 2. The lowest BCUT2D eigenvalue weighted by Crippen LogP contribution is -2.70. The lowest BCUT2D eigenvalue weighted by Gasteiger charge is -2.47. The molecule has 5 rings (SSSR count). The number of carbonyl (C=O) groups is 2. The van der Waals surface area contributed by atoms with Crippen LogP contribution in [0.4, 0.5) is 13.6 Å². The summed E-state index contributed by atoms with van der Waals surface area (Å²) in [6.07, 6.45) is 0.168. The number of fused-ring (bicyclic) bond motifs is 2. The van der Waals surface area contributed by atoms with Crippen molar-refractivity contribution in [1.29, 1.82) is 0 Å². The van der Waals surface area contributed by atoms with Gasteiger partial charge in [0.2, 0.25) is 10.0 Å². The first-order valence-electron chi connectivity index (χ1n) is 12.1. The Bertz CT molecular complexity index is 1370. The van der Waals surface area contributed by atoms with Gasteiger partial charge in [-0.15, -0.1) is 0 Å². The van der Waals surface area contributed by atoms with Gasteiger partial charge in [-0.25, -0.2) is 27.5 Å². The molecule has 2 aromatic carbocycles. The summed E-state index contributed by atoms with van der Waals surface area (Å²) in [6, 6.07) is 5.64. The molecule has 0 saturated carbocycles. The summed E-state index contributed by atoms with van der Waals surface area (Å²) < 4.78 is 69.0. The quantitative estimate of drug-likeness (QED) is 0.407. The average molecular weight is 587 g/mol. The number of urea groups is 1. The van der Waals surface area contributed by atoms with E-state index in [1.54, 1.807) is 4.90 Å². The van der Waals surface area contributed by atoms with Gasteiger partial charge in [-0.1, -0.05) is 11.6 Å². The number of hydrogen-bond donors (Lipinski definition) is 2. The van der Waals surface area contributed by atoms with Crippen molar-refractivity contribution in [2.75, 3.05) is 39.4 Å². The number of hydroxylamine groups is 1. The molecule has 3 amide bonds. The van der Waals surface area contributed by atoms with Crippen molar-refractivity contribution in [3.05, 3.63) is 53.1 Å². The van der Waals surface area contributed by atoms with E-state index in [1.807, 2.05) is 0 Å². The maximum absolute atomic E-state index is 15.0. The minimum absolute atomic E-state index is 0.0150. The highest BCUT2D eigenvalue weighted by Crippen LogP contribution is 2.44. The van der Waals surface area contributed by atoms with Crippen LogP contribution >= 0.6 is 11.6 Å². The van der Waals surface area contributed by atoms with Gasteiger partial charge < -0.3 is 19.3 Å². The topological polar surface area (TPSA) is 129 Å². The zero-order valence-electron chi connectivity index (χ0n) is 20.5. The molecule has 2 atom stereocenters. The van der Waals surface area contributed by atoms with E-state index in [0.29, 0.717) is 43.5 Å². The van der Waals surface area contributed by atoms with Gasteiger partial charge in [-0.05, 0) is 49.2 Å². The molecule has 3 fully saturated rings. The fourth-order valence-electron chi connectivity index (χ4n) is 5.36. The van der Waals surface area contributed by atoms with Crippen LogP contribution in [0.5, 0.6) is 11.5 Å². The lowest BCUT2D eigenvalue weighted by atomic mass is 9.96. The van der Waals surface area contributed by atoms with E-state index in [0.717, 1.165) is 4.31 Å². The number of halogens is 3. The Hall–Kier alpha value is -3.04. The van der Waals surface area contributed by atoms with Crippen molar-refractivity contribution in [3.8, 4) is 11.5 Å². The van der Waals surface area contributed by atoms with Crippen LogP contribution in [-0.4, -0.2) is 90.6 Å². The highest BCUT2D eigenvalue weighted by molar-refractivity contribution is 7.89. The van der Waals surface area contributed by atoms with Crippen molar-refractivity contribution in [2.24, 2.45) is 0 Å². The molecule has 210 valence electrons. The second-order valence-electron chi connectivity index (χ2n) is 9.50. The first kappa shape index (κ1) is 27.5. The Kier molecular flexibility index (Phi) is 7.41.